The summed E-state index contributed by atoms with van der Waals surface area (Å²) >= 11 is 9.23. The van der Waals surface area contributed by atoms with Gasteiger partial charge in [0.25, 0.3) is 5.91 Å². The van der Waals surface area contributed by atoms with E-state index in [1.807, 2.05) is 25.1 Å². The second kappa shape index (κ2) is 8.22. The van der Waals surface area contributed by atoms with Crippen LogP contribution in [0.25, 0.3) is 0 Å². The quantitative estimate of drug-likeness (QED) is 0.786. The van der Waals surface area contributed by atoms with Gasteiger partial charge < -0.3 is 14.8 Å². The minimum Gasteiger partial charge on any atom is -0.496 e. The number of carbonyl (C=O) groups excluding carboxylic acids is 1. The number of rotatable bonds is 6. The number of hydrogen-bond donors (Lipinski definition) is 1. The molecule has 2 aromatic carbocycles. The van der Waals surface area contributed by atoms with Gasteiger partial charge in [0.05, 0.1) is 17.6 Å². The first-order valence-corrected chi connectivity index (χ1v) is 8.18. The van der Waals surface area contributed by atoms with Crippen LogP contribution < -0.4 is 14.8 Å². The van der Waals surface area contributed by atoms with Crippen LogP contribution >= 0.6 is 27.5 Å². The third-order valence-corrected chi connectivity index (χ3v) is 4.11. The summed E-state index contributed by atoms with van der Waals surface area (Å²) in [6.07, 6.45) is 0. The third kappa shape index (κ3) is 5.15. The molecule has 23 heavy (non-hydrogen) atoms. The molecule has 2 aromatic rings. The summed E-state index contributed by atoms with van der Waals surface area (Å²) in [6.45, 7) is 1.86. The molecular formula is C17H17BrClNO3. The Morgan fingerprint density at radius 1 is 1.26 bits per heavy atom. The molecule has 0 fully saturated rings. The number of hydrogen-bond acceptors (Lipinski definition) is 3. The lowest BCUT2D eigenvalue weighted by molar-refractivity contribution is -0.123. The van der Waals surface area contributed by atoms with Crippen molar-refractivity contribution in [1.29, 1.82) is 0 Å². The first-order valence-electron chi connectivity index (χ1n) is 7.00. The number of amides is 1. The van der Waals surface area contributed by atoms with E-state index in [9.17, 15) is 4.79 Å². The predicted octanol–water partition coefficient (Wildman–Crippen LogP) is 4.37. The molecule has 4 nitrogen and oxygen atoms in total. The van der Waals surface area contributed by atoms with Gasteiger partial charge in [0, 0.05) is 5.02 Å². The molecule has 1 atom stereocenters. The van der Waals surface area contributed by atoms with Crippen LogP contribution in [-0.2, 0) is 4.79 Å². The van der Waals surface area contributed by atoms with Crippen LogP contribution in [0.2, 0.25) is 5.02 Å². The van der Waals surface area contributed by atoms with E-state index < -0.39 is 0 Å². The lowest BCUT2D eigenvalue weighted by Crippen LogP contribution is -2.31. The lowest BCUT2D eigenvalue weighted by Gasteiger charge is -2.16. The maximum absolute atomic E-state index is 12.0. The second-order valence-corrected chi connectivity index (χ2v) is 6.22. The fourth-order valence-corrected chi connectivity index (χ4v) is 2.68. The molecule has 122 valence electrons. The van der Waals surface area contributed by atoms with E-state index in [2.05, 4.69) is 21.2 Å². The van der Waals surface area contributed by atoms with Crippen LogP contribution in [0.5, 0.6) is 11.5 Å². The van der Waals surface area contributed by atoms with Gasteiger partial charge in [0.2, 0.25) is 0 Å². The van der Waals surface area contributed by atoms with Gasteiger partial charge in [-0.25, -0.2) is 0 Å². The van der Waals surface area contributed by atoms with E-state index in [4.69, 9.17) is 21.1 Å². The van der Waals surface area contributed by atoms with E-state index in [1.165, 1.54) is 0 Å². The van der Waals surface area contributed by atoms with E-state index in [1.54, 1.807) is 31.4 Å². The number of nitrogens with one attached hydrogen (secondary N) is 1. The van der Waals surface area contributed by atoms with Crippen molar-refractivity contribution in [3.8, 4) is 11.5 Å². The summed E-state index contributed by atoms with van der Waals surface area (Å²) in [5, 5.41) is 3.52. The maximum Gasteiger partial charge on any atom is 0.258 e. The molecule has 0 aliphatic carbocycles. The molecular weight excluding hydrogens is 382 g/mol. The normalized spacial score (nSPS) is 11.7. The predicted molar refractivity (Wildman–Crippen MR) is 94.2 cm³/mol. The zero-order valence-corrected chi connectivity index (χ0v) is 15.1. The Balaban J connectivity index is 1.89. The first-order chi connectivity index (χ1) is 11.0. The van der Waals surface area contributed by atoms with E-state index in [0.717, 1.165) is 15.8 Å². The van der Waals surface area contributed by atoms with Gasteiger partial charge in [-0.2, -0.15) is 0 Å². The fourth-order valence-electron chi connectivity index (χ4n) is 2.00. The molecule has 0 aliphatic rings. The van der Waals surface area contributed by atoms with Gasteiger partial charge in [-0.05, 0) is 64.8 Å². The van der Waals surface area contributed by atoms with Crippen molar-refractivity contribution in [3.63, 3.8) is 0 Å². The van der Waals surface area contributed by atoms with Crippen molar-refractivity contribution in [1.82, 2.24) is 5.32 Å². The smallest absolute Gasteiger partial charge is 0.258 e. The van der Waals surface area contributed by atoms with Crippen molar-refractivity contribution in [2.75, 3.05) is 13.7 Å². The standard InChI is InChI=1S/C17H17BrClNO3/c1-11(12-3-8-16(22-2)15(18)9-12)20-17(21)10-23-14-6-4-13(19)5-7-14/h3-9,11H,10H2,1-2H3,(H,20,21)/t11-/m0/s1. The van der Waals surface area contributed by atoms with Gasteiger partial charge in [0.1, 0.15) is 11.5 Å². The third-order valence-electron chi connectivity index (χ3n) is 3.24. The van der Waals surface area contributed by atoms with E-state index in [0.29, 0.717) is 10.8 Å². The molecule has 0 saturated heterocycles. The fraction of sp³-hybridized carbons (Fsp3) is 0.235. The number of methoxy groups -OCH3 is 1. The minimum atomic E-state index is -0.195. The highest BCUT2D eigenvalue weighted by atomic mass is 79.9. The Morgan fingerprint density at radius 3 is 2.57 bits per heavy atom. The topological polar surface area (TPSA) is 47.6 Å². The van der Waals surface area contributed by atoms with Crippen LogP contribution in [0.3, 0.4) is 0 Å². The van der Waals surface area contributed by atoms with Crippen molar-refractivity contribution >= 4 is 33.4 Å². The average Bonchev–Trinajstić information content (AvgIpc) is 2.54. The molecule has 0 heterocycles. The molecule has 0 aliphatic heterocycles. The molecule has 0 bridgehead atoms. The summed E-state index contributed by atoms with van der Waals surface area (Å²) in [5.74, 6) is 1.15. The first kappa shape index (κ1) is 17.6. The SMILES string of the molecule is COc1ccc([C@H](C)NC(=O)COc2ccc(Cl)cc2)cc1Br. The number of benzene rings is 2. The number of carbonyl (C=O) groups is 1. The molecule has 0 radical (unpaired) electrons. The summed E-state index contributed by atoms with van der Waals surface area (Å²) in [6, 6.07) is 12.4. The monoisotopic (exact) mass is 397 g/mol. The lowest BCUT2D eigenvalue weighted by atomic mass is 10.1. The molecule has 1 N–H and O–H groups in total. The summed E-state index contributed by atoms with van der Waals surface area (Å²) in [7, 11) is 1.61. The summed E-state index contributed by atoms with van der Waals surface area (Å²) in [5.41, 5.74) is 0.970. The number of halogens is 2. The highest BCUT2D eigenvalue weighted by Crippen LogP contribution is 2.27. The van der Waals surface area contributed by atoms with Gasteiger partial charge in [0.15, 0.2) is 6.61 Å². The Kier molecular flexibility index (Phi) is 6.30. The van der Waals surface area contributed by atoms with Gasteiger partial charge >= 0.3 is 0 Å². The molecule has 6 heteroatoms. The van der Waals surface area contributed by atoms with Crippen molar-refractivity contribution < 1.29 is 14.3 Å². The largest absolute Gasteiger partial charge is 0.496 e. The van der Waals surface area contributed by atoms with Crippen LogP contribution in [0.1, 0.15) is 18.5 Å². The maximum atomic E-state index is 12.0. The zero-order chi connectivity index (χ0) is 16.8. The number of ether oxygens (including phenoxy) is 2. The highest BCUT2D eigenvalue weighted by Gasteiger charge is 2.12. The Labute approximate surface area is 148 Å². The Morgan fingerprint density at radius 2 is 1.96 bits per heavy atom. The van der Waals surface area contributed by atoms with Gasteiger partial charge in [-0.15, -0.1) is 0 Å². The molecule has 0 saturated carbocycles. The molecule has 1 amide bonds. The highest BCUT2D eigenvalue weighted by molar-refractivity contribution is 9.10. The van der Waals surface area contributed by atoms with Crippen LogP contribution in [-0.4, -0.2) is 19.6 Å². The Bertz CT molecular complexity index is 676. The van der Waals surface area contributed by atoms with Crippen molar-refractivity contribution in [2.45, 2.75) is 13.0 Å². The van der Waals surface area contributed by atoms with Crippen LogP contribution in [0, 0.1) is 0 Å². The van der Waals surface area contributed by atoms with Crippen molar-refractivity contribution in [3.05, 3.63) is 57.5 Å². The van der Waals surface area contributed by atoms with Gasteiger partial charge in [-0.3, -0.25) is 4.79 Å². The molecule has 2 rings (SSSR count). The molecule has 0 unspecified atom stereocenters. The summed E-state index contributed by atoms with van der Waals surface area (Å²) in [4.78, 5) is 12.0. The Hall–Kier alpha value is -1.72. The minimum absolute atomic E-state index is 0.0523. The zero-order valence-electron chi connectivity index (χ0n) is 12.8. The van der Waals surface area contributed by atoms with Gasteiger partial charge in [-0.1, -0.05) is 17.7 Å². The van der Waals surface area contributed by atoms with Crippen molar-refractivity contribution in [2.24, 2.45) is 0 Å². The average molecular weight is 399 g/mol. The summed E-state index contributed by atoms with van der Waals surface area (Å²) < 4.78 is 11.5. The van der Waals surface area contributed by atoms with E-state index in [-0.39, 0.29) is 18.6 Å². The van der Waals surface area contributed by atoms with Crippen LogP contribution in [0.4, 0.5) is 0 Å². The van der Waals surface area contributed by atoms with E-state index >= 15 is 0 Å². The molecule has 0 spiro atoms. The second-order valence-electron chi connectivity index (χ2n) is 4.93. The van der Waals surface area contributed by atoms with Crippen LogP contribution in [0.15, 0.2) is 46.9 Å². The molecule has 0 aromatic heterocycles.